The standard InChI is InChI=1S/C14H26N2O3/c1-5-10(4)12(13(17)18)15-14(19)16(9(2)3)8-11-6-7-11/h9-12H,5-8H2,1-4H3,(H,15,19)(H,17,18). The fraction of sp³-hybridized carbons (Fsp3) is 0.857. The molecule has 110 valence electrons. The summed E-state index contributed by atoms with van der Waals surface area (Å²) in [6.45, 7) is 8.43. The molecule has 1 saturated carbocycles. The zero-order valence-corrected chi connectivity index (χ0v) is 12.3. The molecule has 2 N–H and O–H groups in total. The number of carboxylic acid groups (broad SMARTS) is 1. The van der Waals surface area contributed by atoms with E-state index < -0.39 is 12.0 Å². The van der Waals surface area contributed by atoms with Crippen LogP contribution in [-0.2, 0) is 4.79 Å². The molecular formula is C14H26N2O3. The molecule has 0 saturated heterocycles. The van der Waals surface area contributed by atoms with Crippen molar-refractivity contribution in [3.63, 3.8) is 0 Å². The summed E-state index contributed by atoms with van der Waals surface area (Å²) in [5.74, 6) is -0.436. The lowest BCUT2D eigenvalue weighted by atomic mass is 9.99. The van der Waals surface area contributed by atoms with Crippen molar-refractivity contribution in [2.45, 2.75) is 59.0 Å². The quantitative estimate of drug-likeness (QED) is 0.746. The van der Waals surface area contributed by atoms with E-state index in [1.54, 1.807) is 4.90 Å². The van der Waals surface area contributed by atoms with Gasteiger partial charge in [0, 0.05) is 12.6 Å². The van der Waals surface area contributed by atoms with Crippen LogP contribution in [-0.4, -0.2) is 40.6 Å². The number of carbonyl (C=O) groups is 2. The molecule has 0 radical (unpaired) electrons. The van der Waals surface area contributed by atoms with E-state index in [1.807, 2.05) is 27.7 Å². The summed E-state index contributed by atoms with van der Waals surface area (Å²) < 4.78 is 0. The lowest BCUT2D eigenvalue weighted by Gasteiger charge is -2.30. The first kappa shape index (κ1) is 15.8. The molecule has 1 aliphatic rings. The predicted molar refractivity (Wildman–Crippen MR) is 74.0 cm³/mol. The topological polar surface area (TPSA) is 69.6 Å². The normalized spacial score (nSPS) is 17.9. The molecule has 5 nitrogen and oxygen atoms in total. The molecule has 0 aromatic rings. The molecule has 0 bridgehead atoms. The van der Waals surface area contributed by atoms with Crippen LogP contribution >= 0.6 is 0 Å². The van der Waals surface area contributed by atoms with Gasteiger partial charge in [0.15, 0.2) is 0 Å². The molecule has 19 heavy (non-hydrogen) atoms. The van der Waals surface area contributed by atoms with Crippen molar-refractivity contribution in [1.29, 1.82) is 0 Å². The highest BCUT2D eigenvalue weighted by Gasteiger charge is 2.31. The van der Waals surface area contributed by atoms with Gasteiger partial charge in [-0.3, -0.25) is 0 Å². The van der Waals surface area contributed by atoms with Gasteiger partial charge >= 0.3 is 12.0 Å². The zero-order valence-electron chi connectivity index (χ0n) is 12.3. The summed E-state index contributed by atoms with van der Waals surface area (Å²) >= 11 is 0. The smallest absolute Gasteiger partial charge is 0.326 e. The number of aliphatic carboxylic acids is 1. The second kappa shape index (κ2) is 6.78. The van der Waals surface area contributed by atoms with Gasteiger partial charge in [-0.15, -0.1) is 0 Å². The average Bonchev–Trinajstić information content (AvgIpc) is 3.14. The van der Waals surface area contributed by atoms with Crippen LogP contribution in [0.15, 0.2) is 0 Å². The van der Waals surface area contributed by atoms with Crippen molar-refractivity contribution < 1.29 is 14.7 Å². The van der Waals surface area contributed by atoms with E-state index in [0.29, 0.717) is 5.92 Å². The van der Waals surface area contributed by atoms with Gasteiger partial charge in [-0.25, -0.2) is 9.59 Å². The van der Waals surface area contributed by atoms with Crippen molar-refractivity contribution in [3.05, 3.63) is 0 Å². The van der Waals surface area contributed by atoms with Crippen LogP contribution in [0.25, 0.3) is 0 Å². The number of nitrogens with one attached hydrogen (secondary N) is 1. The van der Waals surface area contributed by atoms with Crippen molar-refractivity contribution in [3.8, 4) is 0 Å². The Morgan fingerprint density at radius 3 is 2.26 bits per heavy atom. The number of urea groups is 1. The van der Waals surface area contributed by atoms with E-state index in [4.69, 9.17) is 0 Å². The number of carboxylic acids is 1. The van der Waals surface area contributed by atoms with Crippen LogP contribution in [0.3, 0.4) is 0 Å². The van der Waals surface area contributed by atoms with Crippen LogP contribution in [0.1, 0.15) is 47.0 Å². The SMILES string of the molecule is CCC(C)C(NC(=O)N(CC1CC1)C(C)C)C(=O)O. The molecule has 1 fully saturated rings. The van der Waals surface area contributed by atoms with E-state index in [0.717, 1.165) is 13.0 Å². The minimum absolute atomic E-state index is 0.0728. The van der Waals surface area contributed by atoms with Crippen molar-refractivity contribution in [2.75, 3.05) is 6.54 Å². The molecule has 0 aliphatic heterocycles. The Balaban J connectivity index is 2.64. The third kappa shape index (κ3) is 4.73. The Morgan fingerprint density at radius 2 is 1.89 bits per heavy atom. The van der Waals surface area contributed by atoms with E-state index >= 15 is 0 Å². The lowest BCUT2D eigenvalue weighted by Crippen LogP contribution is -2.52. The number of hydrogen-bond donors (Lipinski definition) is 2. The maximum absolute atomic E-state index is 12.2. The third-order valence-corrected chi connectivity index (χ3v) is 3.79. The van der Waals surface area contributed by atoms with E-state index in [9.17, 15) is 14.7 Å². The van der Waals surface area contributed by atoms with Crippen LogP contribution in [0.4, 0.5) is 4.79 Å². The Labute approximate surface area is 115 Å². The molecule has 2 amide bonds. The predicted octanol–water partition coefficient (Wildman–Crippen LogP) is 2.32. The summed E-state index contributed by atoms with van der Waals surface area (Å²) in [5.41, 5.74) is 0. The van der Waals surface area contributed by atoms with Gasteiger partial charge in [-0.1, -0.05) is 20.3 Å². The maximum atomic E-state index is 12.2. The highest BCUT2D eigenvalue weighted by molar-refractivity contribution is 5.83. The van der Waals surface area contributed by atoms with E-state index in [2.05, 4.69) is 5.32 Å². The van der Waals surface area contributed by atoms with Gasteiger partial charge in [0.1, 0.15) is 6.04 Å². The molecular weight excluding hydrogens is 244 g/mol. The summed E-state index contributed by atoms with van der Waals surface area (Å²) in [5, 5.41) is 11.9. The van der Waals surface area contributed by atoms with Gasteiger partial charge in [0.05, 0.1) is 0 Å². The highest BCUT2D eigenvalue weighted by Crippen LogP contribution is 2.30. The monoisotopic (exact) mass is 270 g/mol. The summed E-state index contributed by atoms with van der Waals surface area (Å²) in [6.07, 6.45) is 3.07. The molecule has 0 spiro atoms. The van der Waals surface area contributed by atoms with Gasteiger partial charge < -0.3 is 15.3 Å². The Morgan fingerprint density at radius 1 is 1.32 bits per heavy atom. The van der Waals surface area contributed by atoms with Crippen LogP contribution < -0.4 is 5.32 Å². The summed E-state index contributed by atoms with van der Waals surface area (Å²) in [4.78, 5) is 25.2. The fourth-order valence-corrected chi connectivity index (χ4v) is 2.01. The molecule has 2 atom stereocenters. The summed E-state index contributed by atoms with van der Waals surface area (Å²) in [7, 11) is 0. The minimum Gasteiger partial charge on any atom is -0.480 e. The molecule has 0 aromatic heterocycles. The van der Waals surface area contributed by atoms with Crippen LogP contribution in [0, 0.1) is 11.8 Å². The first-order valence-corrected chi connectivity index (χ1v) is 7.16. The molecule has 0 heterocycles. The third-order valence-electron chi connectivity index (χ3n) is 3.79. The Kier molecular flexibility index (Phi) is 5.63. The van der Waals surface area contributed by atoms with Crippen LogP contribution in [0.2, 0.25) is 0 Å². The Bertz CT molecular complexity index is 327. The van der Waals surface area contributed by atoms with E-state index in [-0.39, 0.29) is 18.0 Å². The van der Waals surface area contributed by atoms with E-state index in [1.165, 1.54) is 12.8 Å². The van der Waals surface area contributed by atoms with Crippen molar-refractivity contribution in [2.24, 2.45) is 11.8 Å². The minimum atomic E-state index is -0.960. The van der Waals surface area contributed by atoms with Gasteiger partial charge in [0.25, 0.3) is 0 Å². The molecule has 5 heteroatoms. The van der Waals surface area contributed by atoms with Gasteiger partial charge in [-0.2, -0.15) is 0 Å². The van der Waals surface area contributed by atoms with Gasteiger partial charge in [0.2, 0.25) is 0 Å². The first-order chi connectivity index (χ1) is 8.86. The number of amides is 2. The highest BCUT2D eigenvalue weighted by atomic mass is 16.4. The Hall–Kier alpha value is -1.26. The zero-order chi connectivity index (χ0) is 14.6. The molecule has 1 rings (SSSR count). The number of carbonyl (C=O) groups excluding carboxylic acids is 1. The first-order valence-electron chi connectivity index (χ1n) is 7.16. The van der Waals surface area contributed by atoms with Crippen LogP contribution in [0.5, 0.6) is 0 Å². The fourth-order valence-electron chi connectivity index (χ4n) is 2.01. The molecule has 0 aromatic carbocycles. The van der Waals surface area contributed by atoms with Crippen molar-refractivity contribution >= 4 is 12.0 Å². The average molecular weight is 270 g/mol. The molecule has 2 unspecified atom stereocenters. The lowest BCUT2D eigenvalue weighted by molar-refractivity contribution is -0.140. The second-order valence-corrected chi connectivity index (χ2v) is 5.84. The van der Waals surface area contributed by atoms with Crippen molar-refractivity contribution in [1.82, 2.24) is 10.2 Å². The largest absolute Gasteiger partial charge is 0.480 e. The van der Waals surface area contributed by atoms with Gasteiger partial charge in [-0.05, 0) is 38.5 Å². The number of hydrogen-bond acceptors (Lipinski definition) is 2. The maximum Gasteiger partial charge on any atom is 0.326 e. The number of nitrogens with zero attached hydrogens (tertiary/aromatic N) is 1. The molecule has 1 aliphatic carbocycles. The number of rotatable bonds is 7. The second-order valence-electron chi connectivity index (χ2n) is 5.84. The summed E-state index contributed by atoms with van der Waals surface area (Å²) in [6, 6.07) is -0.973.